The lowest BCUT2D eigenvalue weighted by molar-refractivity contribution is -0.153. The smallest absolute Gasteiger partial charge is 0.307 e. The maximum Gasteiger partial charge on any atom is 0.307 e. The molecule has 6 heteroatoms. The Morgan fingerprint density at radius 1 is 1.04 bits per heavy atom. The van der Waals surface area contributed by atoms with E-state index in [1.54, 1.807) is 6.20 Å². The van der Waals surface area contributed by atoms with E-state index in [0.29, 0.717) is 13.1 Å². The van der Waals surface area contributed by atoms with Crippen molar-refractivity contribution in [3.63, 3.8) is 0 Å². The lowest BCUT2D eigenvalue weighted by Gasteiger charge is -2.38. The van der Waals surface area contributed by atoms with Gasteiger partial charge in [-0.25, -0.2) is 4.98 Å². The van der Waals surface area contributed by atoms with Crippen molar-refractivity contribution in [2.75, 3.05) is 31.1 Å². The van der Waals surface area contributed by atoms with Gasteiger partial charge < -0.3 is 14.9 Å². The number of hydrogen-bond donors (Lipinski definition) is 1. The first-order valence-corrected chi connectivity index (χ1v) is 8.82. The number of nitrogens with zero attached hydrogens (tertiary/aromatic N) is 3. The van der Waals surface area contributed by atoms with Crippen molar-refractivity contribution < 1.29 is 14.7 Å². The molecule has 24 heavy (non-hydrogen) atoms. The number of carboxylic acid groups (broad SMARTS) is 1. The van der Waals surface area contributed by atoms with E-state index in [-0.39, 0.29) is 23.7 Å². The van der Waals surface area contributed by atoms with Gasteiger partial charge in [-0.2, -0.15) is 0 Å². The van der Waals surface area contributed by atoms with Gasteiger partial charge in [-0.05, 0) is 43.2 Å². The minimum Gasteiger partial charge on any atom is -0.481 e. The Bertz CT molecular complexity index is 628. The molecule has 3 aliphatic rings. The largest absolute Gasteiger partial charge is 0.481 e. The van der Waals surface area contributed by atoms with Crippen LogP contribution in [-0.2, 0) is 9.59 Å². The van der Waals surface area contributed by atoms with Crippen LogP contribution in [0.1, 0.15) is 19.3 Å². The molecule has 0 radical (unpaired) electrons. The molecule has 1 aliphatic heterocycles. The second-order valence-corrected chi connectivity index (χ2v) is 7.22. The topological polar surface area (TPSA) is 73.7 Å². The zero-order valence-corrected chi connectivity index (χ0v) is 13.7. The Kier molecular flexibility index (Phi) is 3.90. The van der Waals surface area contributed by atoms with E-state index >= 15 is 0 Å². The fourth-order valence-electron chi connectivity index (χ4n) is 4.91. The van der Waals surface area contributed by atoms with Crippen molar-refractivity contribution in [3.8, 4) is 0 Å². The Balaban J connectivity index is 1.42. The number of amides is 1. The van der Waals surface area contributed by atoms with Crippen molar-refractivity contribution in [1.82, 2.24) is 9.88 Å². The maximum absolute atomic E-state index is 13.0. The van der Waals surface area contributed by atoms with Gasteiger partial charge in [0.15, 0.2) is 0 Å². The minimum absolute atomic E-state index is 0.0651. The van der Waals surface area contributed by atoms with Crippen LogP contribution in [0.25, 0.3) is 0 Å². The fraction of sp³-hybridized carbons (Fsp3) is 0.611. The Labute approximate surface area is 141 Å². The molecular formula is C18H23N3O3. The van der Waals surface area contributed by atoms with E-state index in [0.717, 1.165) is 38.2 Å². The Morgan fingerprint density at radius 3 is 2.38 bits per heavy atom. The van der Waals surface area contributed by atoms with E-state index in [4.69, 9.17) is 0 Å². The summed E-state index contributed by atoms with van der Waals surface area (Å²) in [5, 5.41) is 9.56. The summed E-state index contributed by atoms with van der Waals surface area (Å²) in [5.74, 6) is -0.0720. The third kappa shape index (κ3) is 2.54. The lowest BCUT2D eigenvalue weighted by atomic mass is 9.78. The van der Waals surface area contributed by atoms with Crippen LogP contribution in [0, 0.1) is 23.7 Å². The first kappa shape index (κ1) is 15.4. The molecule has 128 valence electrons. The highest BCUT2D eigenvalue weighted by Crippen LogP contribution is 2.53. The number of aliphatic carboxylic acids is 1. The molecule has 1 aromatic heterocycles. The predicted molar refractivity (Wildman–Crippen MR) is 88.5 cm³/mol. The number of carbonyl (C=O) groups is 2. The fourth-order valence-corrected chi connectivity index (χ4v) is 4.91. The van der Waals surface area contributed by atoms with Crippen LogP contribution in [0.4, 0.5) is 5.82 Å². The third-order valence-electron chi connectivity index (χ3n) is 6.05. The standard InChI is InChI=1S/C18H23N3O3/c22-17(15-12-4-5-13(11-12)16(15)18(23)24)21-9-7-20(8-10-21)14-3-1-2-6-19-14/h1-3,6,12-13,15-16H,4-5,7-11H2,(H,23,24)/t12-,13+,15-,16+/m0/s1. The average Bonchev–Trinajstić information content (AvgIpc) is 3.23. The summed E-state index contributed by atoms with van der Waals surface area (Å²) < 4.78 is 0. The number of aromatic nitrogens is 1. The molecule has 0 unspecified atom stereocenters. The Morgan fingerprint density at radius 2 is 1.75 bits per heavy atom. The summed E-state index contributed by atoms with van der Waals surface area (Å²) in [7, 11) is 0. The number of anilines is 1. The van der Waals surface area contributed by atoms with E-state index in [2.05, 4.69) is 9.88 Å². The van der Waals surface area contributed by atoms with Crippen molar-refractivity contribution in [3.05, 3.63) is 24.4 Å². The van der Waals surface area contributed by atoms with Crippen molar-refractivity contribution >= 4 is 17.7 Å². The van der Waals surface area contributed by atoms with Gasteiger partial charge in [0.05, 0.1) is 11.8 Å². The predicted octanol–water partition coefficient (Wildman–Crippen LogP) is 1.48. The molecule has 2 saturated carbocycles. The zero-order valence-electron chi connectivity index (χ0n) is 13.7. The number of piperazine rings is 1. The molecule has 2 aliphatic carbocycles. The highest BCUT2D eigenvalue weighted by Gasteiger charge is 2.54. The van der Waals surface area contributed by atoms with Gasteiger partial charge in [-0.1, -0.05) is 6.07 Å². The molecule has 1 saturated heterocycles. The number of pyridine rings is 1. The van der Waals surface area contributed by atoms with Crippen LogP contribution in [0.3, 0.4) is 0 Å². The molecule has 3 fully saturated rings. The van der Waals surface area contributed by atoms with Crippen molar-refractivity contribution in [1.29, 1.82) is 0 Å². The normalized spacial score (nSPS) is 32.2. The monoisotopic (exact) mass is 329 g/mol. The summed E-state index contributed by atoms with van der Waals surface area (Å²) in [4.78, 5) is 33.0. The third-order valence-corrected chi connectivity index (χ3v) is 6.05. The highest BCUT2D eigenvalue weighted by atomic mass is 16.4. The molecule has 6 nitrogen and oxygen atoms in total. The van der Waals surface area contributed by atoms with Crippen molar-refractivity contribution in [2.45, 2.75) is 19.3 Å². The first-order chi connectivity index (χ1) is 11.6. The summed E-state index contributed by atoms with van der Waals surface area (Å²) in [6, 6.07) is 5.84. The van der Waals surface area contributed by atoms with Gasteiger partial charge in [0.2, 0.25) is 5.91 Å². The number of carbonyl (C=O) groups excluding carboxylic acids is 1. The van der Waals surface area contributed by atoms with Gasteiger partial charge in [0, 0.05) is 32.4 Å². The molecule has 2 heterocycles. The molecule has 0 spiro atoms. The van der Waals surface area contributed by atoms with Crippen molar-refractivity contribution in [2.24, 2.45) is 23.7 Å². The first-order valence-electron chi connectivity index (χ1n) is 8.82. The quantitative estimate of drug-likeness (QED) is 0.909. The molecule has 2 bridgehead atoms. The molecule has 0 aromatic carbocycles. The lowest BCUT2D eigenvalue weighted by Crippen LogP contribution is -2.52. The number of fused-ring (bicyclic) bond motifs is 2. The van der Waals surface area contributed by atoms with Gasteiger partial charge in [0.1, 0.15) is 5.82 Å². The summed E-state index contributed by atoms with van der Waals surface area (Å²) >= 11 is 0. The van der Waals surface area contributed by atoms with E-state index in [1.165, 1.54) is 0 Å². The Hall–Kier alpha value is -2.11. The second kappa shape index (κ2) is 6.07. The molecule has 1 aromatic rings. The average molecular weight is 329 g/mol. The van der Waals surface area contributed by atoms with Gasteiger partial charge in [0.25, 0.3) is 0 Å². The van der Waals surface area contributed by atoms with Gasteiger partial charge in [-0.3, -0.25) is 9.59 Å². The van der Waals surface area contributed by atoms with Gasteiger partial charge >= 0.3 is 5.97 Å². The van der Waals surface area contributed by atoms with E-state index < -0.39 is 11.9 Å². The van der Waals surface area contributed by atoms with Crippen LogP contribution in [0.2, 0.25) is 0 Å². The SMILES string of the molecule is O=C(O)[C@@H]1[C@@H]2CC[C@@H](C2)[C@@H]1C(=O)N1CCN(c2ccccn2)CC1. The molecule has 4 atom stereocenters. The minimum atomic E-state index is -0.785. The van der Waals surface area contributed by atoms with Crippen LogP contribution >= 0.6 is 0 Å². The number of rotatable bonds is 3. The maximum atomic E-state index is 13.0. The second-order valence-electron chi connectivity index (χ2n) is 7.22. The van der Waals surface area contributed by atoms with Crippen LogP contribution in [0.15, 0.2) is 24.4 Å². The summed E-state index contributed by atoms with van der Waals surface area (Å²) in [5.41, 5.74) is 0. The van der Waals surface area contributed by atoms with Crippen LogP contribution in [-0.4, -0.2) is 53.0 Å². The van der Waals surface area contributed by atoms with Crippen LogP contribution in [0.5, 0.6) is 0 Å². The van der Waals surface area contributed by atoms with Crippen LogP contribution < -0.4 is 4.90 Å². The molecule has 1 amide bonds. The zero-order chi connectivity index (χ0) is 16.7. The summed E-state index contributed by atoms with van der Waals surface area (Å²) in [6.45, 7) is 2.80. The molecule has 1 N–H and O–H groups in total. The van der Waals surface area contributed by atoms with E-state index in [1.807, 2.05) is 23.1 Å². The molecular weight excluding hydrogens is 306 g/mol. The number of carboxylic acids is 1. The highest BCUT2D eigenvalue weighted by molar-refractivity contribution is 5.86. The number of hydrogen-bond acceptors (Lipinski definition) is 4. The van der Waals surface area contributed by atoms with Gasteiger partial charge in [-0.15, -0.1) is 0 Å². The molecule has 4 rings (SSSR count). The van der Waals surface area contributed by atoms with E-state index in [9.17, 15) is 14.7 Å². The summed E-state index contributed by atoms with van der Waals surface area (Å²) in [6.07, 6.45) is 4.68.